The highest BCUT2D eigenvalue weighted by atomic mass is 16.5. The summed E-state index contributed by atoms with van der Waals surface area (Å²) in [5.41, 5.74) is 1.61. The molecule has 0 unspecified atom stereocenters. The quantitative estimate of drug-likeness (QED) is 0.725. The van der Waals surface area contributed by atoms with Gasteiger partial charge in [0.05, 0.1) is 12.1 Å². The molecule has 6 heteroatoms. The van der Waals surface area contributed by atoms with E-state index in [1.54, 1.807) is 36.4 Å². The molecule has 1 heterocycles. The van der Waals surface area contributed by atoms with E-state index in [0.717, 1.165) is 5.56 Å². The molecule has 1 N–H and O–H groups in total. The van der Waals surface area contributed by atoms with E-state index in [-0.39, 0.29) is 0 Å². The average Bonchev–Trinajstić information content (AvgIpc) is 3.03. The fraction of sp³-hybridized carbons (Fsp3) is 0.167. The lowest BCUT2D eigenvalue weighted by atomic mass is 10.0. The second-order valence-corrected chi connectivity index (χ2v) is 5.72. The second-order valence-electron chi connectivity index (χ2n) is 5.72. The van der Waals surface area contributed by atoms with Gasteiger partial charge in [-0.2, -0.15) is 0 Å². The van der Waals surface area contributed by atoms with Gasteiger partial charge in [0.2, 0.25) is 0 Å². The number of rotatable bonds is 4. The molecule has 24 heavy (non-hydrogen) atoms. The van der Waals surface area contributed by atoms with Gasteiger partial charge in [0.15, 0.2) is 23.3 Å². The van der Waals surface area contributed by atoms with Gasteiger partial charge < -0.3 is 14.3 Å². The van der Waals surface area contributed by atoms with Crippen molar-refractivity contribution in [2.45, 2.75) is 19.4 Å². The molecular formula is C18H14N2O4. The van der Waals surface area contributed by atoms with E-state index in [9.17, 15) is 9.90 Å². The zero-order valence-electron chi connectivity index (χ0n) is 13.1. The van der Waals surface area contributed by atoms with Crippen molar-refractivity contribution in [3.63, 3.8) is 0 Å². The fourth-order valence-corrected chi connectivity index (χ4v) is 2.29. The van der Waals surface area contributed by atoms with Crippen LogP contribution in [0.3, 0.4) is 0 Å². The van der Waals surface area contributed by atoms with E-state index in [4.69, 9.17) is 15.7 Å². The minimum Gasteiger partial charge on any atom is -0.478 e. The van der Waals surface area contributed by atoms with Crippen molar-refractivity contribution in [2.24, 2.45) is 0 Å². The van der Waals surface area contributed by atoms with Crippen molar-refractivity contribution in [3.8, 4) is 16.9 Å². The van der Waals surface area contributed by atoms with Crippen LogP contribution in [0.5, 0.6) is 5.75 Å². The Bertz CT molecular complexity index is 949. The normalized spacial score (nSPS) is 11.2. The number of carboxylic acids is 1. The van der Waals surface area contributed by atoms with Crippen molar-refractivity contribution < 1.29 is 19.1 Å². The van der Waals surface area contributed by atoms with E-state index in [0.29, 0.717) is 28.1 Å². The lowest BCUT2D eigenvalue weighted by molar-refractivity contribution is -0.152. The molecule has 3 rings (SSSR count). The van der Waals surface area contributed by atoms with Crippen molar-refractivity contribution in [1.82, 2.24) is 4.98 Å². The zero-order chi connectivity index (χ0) is 17.3. The smallest absolute Gasteiger partial charge is 0.347 e. The van der Waals surface area contributed by atoms with Crippen LogP contribution in [0.2, 0.25) is 0 Å². The number of benzene rings is 2. The second kappa shape index (κ2) is 5.70. The SMILES string of the molecule is [C-]#[N+]c1ccc(-c2c(OC(C)(C)C(=O)O)ccc3ncoc23)cc1. The van der Waals surface area contributed by atoms with E-state index in [1.807, 2.05) is 0 Å². The molecule has 3 aromatic rings. The molecule has 0 aliphatic rings. The Morgan fingerprint density at radius 1 is 1.25 bits per heavy atom. The first-order valence-electron chi connectivity index (χ1n) is 7.19. The molecule has 120 valence electrons. The summed E-state index contributed by atoms with van der Waals surface area (Å²) in [4.78, 5) is 18.9. The number of oxazole rings is 1. The van der Waals surface area contributed by atoms with Gasteiger partial charge >= 0.3 is 5.97 Å². The number of ether oxygens (including phenoxy) is 1. The van der Waals surface area contributed by atoms with Gasteiger partial charge in [0.25, 0.3) is 0 Å². The van der Waals surface area contributed by atoms with Crippen LogP contribution in [0.4, 0.5) is 5.69 Å². The van der Waals surface area contributed by atoms with Gasteiger partial charge in [0, 0.05) is 0 Å². The minimum atomic E-state index is -1.40. The third-order valence-corrected chi connectivity index (χ3v) is 3.63. The number of carboxylic acid groups (broad SMARTS) is 1. The molecule has 0 atom stereocenters. The Balaban J connectivity index is 2.19. The summed E-state index contributed by atoms with van der Waals surface area (Å²) < 4.78 is 11.2. The van der Waals surface area contributed by atoms with E-state index < -0.39 is 11.6 Å². The van der Waals surface area contributed by atoms with Crippen LogP contribution in [0.1, 0.15) is 13.8 Å². The number of nitrogens with zero attached hydrogens (tertiary/aromatic N) is 2. The van der Waals surface area contributed by atoms with Crippen LogP contribution in [-0.4, -0.2) is 21.7 Å². The third-order valence-electron chi connectivity index (χ3n) is 3.63. The standard InChI is InChI=1S/C18H14N2O4/c1-18(2,17(21)22)24-14-9-8-13-16(23-10-20-13)15(14)11-4-6-12(19-3)7-5-11/h4-10H,1-2H3,(H,21,22). The fourth-order valence-electron chi connectivity index (χ4n) is 2.29. The first kappa shape index (κ1) is 15.6. The van der Waals surface area contributed by atoms with Gasteiger partial charge in [-0.25, -0.2) is 14.6 Å². The summed E-state index contributed by atoms with van der Waals surface area (Å²) in [6, 6.07) is 10.3. The van der Waals surface area contributed by atoms with E-state index in [2.05, 4.69) is 9.83 Å². The van der Waals surface area contributed by atoms with Crippen molar-refractivity contribution in [1.29, 1.82) is 0 Å². The summed E-state index contributed by atoms with van der Waals surface area (Å²) in [7, 11) is 0. The summed E-state index contributed by atoms with van der Waals surface area (Å²) in [5, 5.41) is 9.31. The van der Waals surface area contributed by atoms with Gasteiger partial charge in [0.1, 0.15) is 11.3 Å². The van der Waals surface area contributed by atoms with Crippen LogP contribution in [0.15, 0.2) is 47.2 Å². The Kier molecular flexibility index (Phi) is 3.70. The highest BCUT2D eigenvalue weighted by molar-refractivity contribution is 5.94. The Labute approximate surface area is 138 Å². The minimum absolute atomic E-state index is 0.377. The maximum Gasteiger partial charge on any atom is 0.347 e. The van der Waals surface area contributed by atoms with Crippen molar-refractivity contribution >= 4 is 22.8 Å². The van der Waals surface area contributed by atoms with E-state index >= 15 is 0 Å². The van der Waals surface area contributed by atoms with Crippen LogP contribution in [-0.2, 0) is 4.79 Å². The number of fused-ring (bicyclic) bond motifs is 1. The predicted octanol–water partition coefficient (Wildman–Crippen LogP) is 4.29. The maximum absolute atomic E-state index is 11.4. The van der Waals surface area contributed by atoms with Gasteiger partial charge in [-0.1, -0.05) is 24.3 Å². The van der Waals surface area contributed by atoms with Gasteiger partial charge in [-0.05, 0) is 31.5 Å². The summed E-state index contributed by atoms with van der Waals surface area (Å²) >= 11 is 0. The predicted molar refractivity (Wildman–Crippen MR) is 88.0 cm³/mol. The van der Waals surface area contributed by atoms with Crippen LogP contribution < -0.4 is 4.74 Å². The topological polar surface area (TPSA) is 76.9 Å². The summed E-state index contributed by atoms with van der Waals surface area (Å²) in [6.07, 6.45) is 1.33. The van der Waals surface area contributed by atoms with E-state index in [1.165, 1.54) is 20.2 Å². The summed E-state index contributed by atoms with van der Waals surface area (Å²) in [5.74, 6) is -0.698. The average molecular weight is 322 g/mol. The molecule has 0 saturated heterocycles. The molecule has 6 nitrogen and oxygen atoms in total. The molecule has 2 aromatic carbocycles. The van der Waals surface area contributed by atoms with Crippen LogP contribution in [0.25, 0.3) is 27.1 Å². The van der Waals surface area contributed by atoms with Crippen molar-refractivity contribution in [2.75, 3.05) is 0 Å². The highest BCUT2D eigenvalue weighted by Gasteiger charge is 2.31. The Hall–Kier alpha value is -3.33. The molecule has 0 aliphatic carbocycles. The molecule has 0 spiro atoms. The number of aliphatic carboxylic acids is 1. The molecule has 0 aliphatic heterocycles. The number of aromatic nitrogens is 1. The van der Waals surface area contributed by atoms with Gasteiger partial charge in [-0.15, -0.1) is 0 Å². The van der Waals surface area contributed by atoms with Crippen LogP contribution >= 0.6 is 0 Å². The molecular weight excluding hydrogens is 308 g/mol. The third kappa shape index (κ3) is 2.68. The lowest BCUT2D eigenvalue weighted by Crippen LogP contribution is -2.38. The first-order chi connectivity index (χ1) is 11.4. The van der Waals surface area contributed by atoms with Gasteiger partial charge in [-0.3, -0.25) is 0 Å². The molecule has 0 fully saturated rings. The highest BCUT2D eigenvalue weighted by Crippen LogP contribution is 2.39. The molecule has 0 bridgehead atoms. The maximum atomic E-state index is 11.4. The summed E-state index contributed by atoms with van der Waals surface area (Å²) in [6.45, 7) is 10.00. The Morgan fingerprint density at radius 3 is 2.58 bits per heavy atom. The number of hydrogen-bond acceptors (Lipinski definition) is 4. The number of hydrogen-bond donors (Lipinski definition) is 1. The molecule has 0 saturated carbocycles. The molecule has 0 amide bonds. The zero-order valence-corrected chi connectivity index (χ0v) is 13.1. The monoisotopic (exact) mass is 322 g/mol. The largest absolute Gasteiger partial charge is 0.478 e. The molecule has 0 radical (unpaired) electrons. The van der Waals surface area contributed by atoms with Crippen LogP contribution in [0, 0.1) is 6.57 Å². The molecule has 1 aromatic heterocycles. The van der Waals surface area contributed by atoms with Crippen molar-refractivity contribution in [3.05, 3.63) is 54.2 Å². The number of carbonyl (C=O) groups is 1. The first-order valence-corrected chi connectivity index (χ1v) is 7.19. The lowest BCUT2D eigenvalue weighted by Gasteiger charge is -2.23. The Morgan fingerprint density at radius 2 is 1.96 bits per heavy atom.